The first-order valence-corrected chi connectivity index (χ1v) is 9.47. The lowest BCUT2D eigenvalue weighted by Crippen LogP contribution is -2.12. The molecule has 0 radical (unpaired) electrons. The van der Waals surface area contributed by atoms with Gasteiger partial charge >= 0.3 is 0 Å². The Hall–Kier alpha value is -2.55. The molecule has 28 heavy (non-hydrogen) atoms. The van der Waals surface area contributed by atoms with Crippen LogP contribution in [0.4, 0.5) is 0 Å². The summed E-state index contributed by atoms with van der Waals surface area (Å²) in [5.74, 6) is 1.67. The van der Waals surface area contributed by atoms with Crippen LogP contribution in [0.1, 0.15) is 27.7 Å². The number of halogens is 1. The third kappa shape index (κ3) is 3.84. The van der Waals surface area contributed by atoms with Crippen molar-refractivity contribution in [1.82, 2.24) is 20.1 Å². The summed E-state index contributed by atoms with van der Waals surface area (Å²) in [6.45, 7) is 4.45. The minimum atomic E-state index is -0.0944. The molecule has 4 rings (SSSR count). The molecule has 146 valence electrons. The Kier molecular flexibility index (Phi) is 5.93. The summed E-state index contributed by atoms with van der Waals surface area (Å²) in [4.78, 5) is 26.1. The van der Waals surface area contributed by atoms with Gasteiger partial charge in [-0.1, -0.05) is 29.4 Å². The van der Waals surface area contributed by atoms with E-state index in [2.05, 4.69) is 20.1 Å². The lowest BCUT2D eigenvalue weighted by Gasteiger charge is -1.99. The van der Waals surface area contributed by atoms with E-state index in [1.165, 1.54) is 0 Å². The standard InChI is InChI=1S/C19H19N5O2S.ClH/c1-10-11(2)27-19-16(10)18(25)21-14(22-19)7-8-15-23-17(24-26-15)13-5-3-12(9-20)4-6-13;/h3-6H,7-9,20H2,1-2H3,(H,21,22,25);1H. The number of fused-ring (bicyclic) bond motifs is 1. The van der Waals surface area contributed by atoms with E-state index in [1.807, 2.05) is 38.1 Å². The zero-order valence-corrected chi connectivity index (χ0v) is 17.1. The summed E-state index contributed by atoms with van der Waals surface area (Å²) < 4.78 is 5.34. The monoisotopic (exact) mass is 417 g/mol. The first kappa shape index (κ1) is 20.2. The maximum atomic E-state index is 12.3. The highest BCUT2D eigenvalue weighted by molar-refractivity contribution is 7.18. The first-order valence-electron chi connectivity index (χ1n) is 8.66. The molecule has 7 nitrogen and oxygen atoms in total. The second kappa shape index (κ2) is 8.22. The number of thiophene rings is 1. The Morgan fingerprint density at radius 1 is 1.14 bits per heavy atom. The summed E-state index contributed by atoms with van der Waals surface area (Å²) in [7, 11) is 0. The van der Waals surface area contributed by atoms with Crippen LogP contribution in [-0.2, 0) is 19.4 Å². The predicted molar refractivity (Wildman–Crippen MR) is 112 cm³/mol. The van der Waals surface area contributed by atoms with Crippen molar-refractivity contribution in [2.24, 2.45) is 5.73 Å². The van der Waals surface area contributed by atoms with Gasteiger partial charge in [0.25, 0.3) is 5.56 Å². The smallest absolute Gasteiger partial charge is 0.259 e. The van der Waals surface area contributed by atoms with Gasteiger partial charge < -0.3 is 15.2 Å². The van der Waals surface area contributed by atoms with Crippen molar-refractivity contribution in [2.75, 3.05) is 0 Å². The average molecular weight is 418 g/mol. The zero-order chi connectivity index (χ0) is 19.0. The lowest BCUT2D eigenvalue weighted by atomic mass is 10.1. The van der Waals surface area contributed by atoms with Gasteiger partial charge in [0, 0.05) is 29.8 Å². The Balaban J connectivity index is 0.00000225. The minimum Gasteiger partial charge on any atom is -0.339 e. The number of nitrogens with one attached hydrogen (secondary N) is 1. The van der Waals surface area contributed by atoms with Crippen LogP contribution in [0.2, 0.25) is 0 Å². The zero-order valence-electron chi connectivity index (χ0n) is 15.5. The molecule has 3 N–H and O–H groups in total. The third-order valence-corrected chi connectivity index (χ3v) is 5.68. The van der Waals surface area contributed by atoms with Gasteiger partial charge in [-0.25, -0.2) is 4.98 Å². The van der Waals surface area contributed by atoms with Crippen molar-refractivity contribution in [3.8, 4) is 11.4 Å². The molecular formula is C19H20ClN5O2S. The van der Waals surface area contributed by atoms with Gasteiger partial charge in [-0.2, -0.15) is 4.98 Å². The summed E-state index contributed by atoms with van der Waals surface area (Å²) in [6, 6.07) is 7.73. The number of aromatic nitrogens is 4. The fourth-order valence-electron chi connectivity index (χ4n) is 2.91. The number of hydrogen-bond donors (Lipinski definition) is 2. The van der Waals surface area contributed by atoms with Crippen molar-refractivity contribution < 1.29 is 4.52 Å². The maximum Gasteiger partial charge on any atom is 0.259 e. The van der Waals surface area contributed by atoms with E-state index < -0.39 is 0 Å². The summed E-state index contributed by atoms with van der Waals surface area (Å²) in [5.41, 5.74) is 8.44. The molecule has 0 spiro atoms. The van der Waals surface area contributed by atoms with Crippen molar-refractivity contribution in [1.29, 1.82) is 0 Å². The van der Waals surface area contributed by atoms with E-state index in [4.69, 9.17) is 10.3 Å². The van der Waals surface area contributed by atoms with Crippen LogP contribution < -0.4 is 11.3 Å². The van der Waals surface area contributed by atoms with Crippen molar-refractivity contribution in [2.45, 2.75) is 33.2 Å². The number of nitrogens with zero attached hydrogens (tertiary/aromatic N) is 3. The van der Waals surface area contributed by atoms with Gasteiger partial charge in [-0.05, 0) is 25.0 Å². The second-order valence-corrected chi connectivity index (χ2v) is 7.59. The fourth-order valence-corrected chi connectivity index (χ4v) is 3.96. The van der Waals surface area contributed by atoms with E-state index in [1.54, 1.807) is 11.3 Å². The van der Waals surface area contributed by atoms with Crippen LogP contribution in [0.3, 0.4) is 0 Å². The van der Waals surface area contributed by atoms with Gasteiger partial charge in [0.05, 0.1) is 5.39 Å². The Morgan fingerprint density at radius 2 is 1.89 bits per heavy atom. The number of hydrogen-bond acceptors (Lipinski definition) is 7. The molecule has 0 saturated heterocycles. The Bertz CT molecular complexity index is 1160. The molecule has 0 saturated carbocycles. The van der Waals surface area contributed by atoms with E-state index in [0.717, 1.165) is 26.4 Å². The quantitative estimate of drug-likeness (QED) is 0.515. The van der Waals surface area contributed by atoms with Gasteiger partial charge in [-0.3, -0.25) is 4.79 Å². The molecule has 3 heterocycles. The van der Waals surface area contributed by atoms with E-state index in [9.17, 15) is 4.79 Å². The number of aryl methyl sites for hydroxylation is 4. The molecule has 3 aromatic heterocycles. The number of benzene rings is 1. The van der Waals surface area contributed by atoms with Gasteiger partial charge in [0.1, 0.15) is 10.7 Å². The van der Waals surface area contributed by atoms with Gasteiger partial charge in [0.15, 0.2) is 0 Å². The Morgan fingerprint density at radius 3 is 2.61 bits per heavy atom. The molecule has 9 heteroatoms. The second-order valence-electron chi connectivity index (χ2n) is 6.39. The predicted octanol–water partition coefficient (Wildman–Crippen LogP) is 3.32. The topological polar surface area (TPSA) is 111 Å². The van der Waals surface area contributed by atoms with Gasteiger partial charge in [0.2, 0.25) is 11.7 Å². The molecule has 0 aliphatic rings. The minimum absolute atomic E-state index is 0. The van der Waals surface area contributed by atoms with Crippen molar-refractivity contribution in [3.63, 3.8) is 0 Å². The third-order valence-electron chi connectivity index (χ3n) is 4.58. The van der Waals surface area contributed by atoms with E-state index in [0.29, 0.717) is 42.3 Å². The summed E-state index contributed by atoms with van der Waals surface area (Å²) >= 11 is 1.54. The molecule has 0 amide bonds. The van der Waals surface area contributed by atoms with Crippen LogP contribution in [0.25, 0.3) is 21.6 Å². The lowest BCUT2D eigenvalue weighted by molar-refractivity contribution is 0.378. The van der Waals surface area contributed by atoms with Crippen LogP contribution in [0.5, 0.6) is 0 Å². The molecule has 0 atom stereocenters. The molecule has 0 fully saturated rings. The highest BCUT2D eigenvalue weighted by Gasteiger charge is 2.13. The number of nitrogens with two attached hydrogens (primary N) is 1. The molecule has 4 aromatic rings. The average Bonchev–Trinajstić information content (AvgIpc) is 3.25. The highest BCUT2D eigenvalue weighted by Crippen LogP contribution is 2.25. The molecule has 1 aromatic carbocycles. The van der Waals surface area contributed by atoms with Crippen LogP contribution in [0.15, 0.2) is 33.6 Å². The van der Waals surface area contributed by atoms with Gasteiger partial charge in [-0.15, -0.1) is 23.7 Å². The molecule has 0 bridgehead atoms. The molecule has 0 unspecified atom stereocenters. The number of rotatable bonds is 5. The maximum absolute atomic E-state index is 12.3. The Labute approximate surface area is 171 Å². The number of H-pyrrole nitrogens is 1. The van der Waals surface area contributed by atoms with Crippen LogP contribution >= 0.6 is 23.7 Å². The van der Waals surface area contributed by atoms with E-state index in [-0.39, 0.29) is 18.0 Å². The van der Waals surface area contributed by atoms with E-state index >= 15 is 0 Å². The normalized spacial score (nSPS) is 11.0. The molecule has 0 aliphatic heterocycles. The highest BCUT2D eigenvalue weighted by atomic mass is 35.5. The SMILES string of the molecule is Cc1sc2nc(CCc3nc(-c4ccc(CN)cc4)no3)[nH]c(=O)c2c1C.Cl. The fraction of sp³-hybridized carbons (Fsp3) is 0.263. The molecular weight excluding hydrogens is 398 g/mol. The first-order chi connectivity index (χ1) is 13.0. The van der Waals surface area contributed by atoms with Crippen molar-refractivity contribution in [3.05, 3.63) is 62.3 Å². The summed E-state index contributed by atoms with van der Waals surface area (Å²) in [6.07, 6.45) is 1.03. The largest absolute Gasteiger partial charge is 0.339 e. The number of aromatic amines is 1. The van der Waals surface area contributed by atoms with Crippen molar-refractivity contribution >= 4 is 34.0 Å². The van der Waals surface area contributed by atoms with Crippen LogP contribution in [-0.4, -0.2) is 20.1 Å². The molecule has 0 aliphatic carbocycles. The summed E-state index contributed by atoms with van der Waals surface area (Å²) in [5, 5.41) is 4.71. The van der Waals surface area contributed by atoms with Crippen LogP contribution in [0, 0.1) is 13.8 Å².